The summed E-state index contributed by atoms with van der Waals surface area (Å²) in [5.41, 5.74) is 0.418. The summed E-state index contributed by atoms with van der Waals surface area (Å²) in [6, 6.07) is 3.68. The maximum absolute atomic E-state index is 13.1. The summed E-state index contributed by atoms with van der Waals surface area (Å²) in [6.45, 7) is 4.38. The maximum Gasteiger partial charge on any atom is 0.241 e. The molecule has 1 aromatic carbocycles. The summed E-state index contributed by atoms with van der Waals surface area (Å²) < 4.78 is 40.5. The third-order valence-electron chi connectivity index (χ3n) is 3.72. The van der Waals surface area contributed by atoms with Crippen LogP contribution in [0.3, 0.4) is 0 Å². The minimum absolute atomic E-state index is 0.140. The first kappa shape index (κ1) is 15.4. The molecule has 2 atom stereocenters. The first-order valence-corrected chi connectivity index (χ1v) is 8.40. The highest BCUT2D eigenvalue weighted by Crippen LogP contribution is 2.18. The Morgan fingerprint density at radius 1 is 1.40 bits per heavy atom. The minimum atomic E-state index is -3.61. The highest BCUT2D eigenvalue weighted by Gasteiger charge is 2.25. The van der Waals surface area contributed by atoms with Crippen LogP contribution in [0.4, 0.5) is 4.39 Å². The van der Waals surface area contributed by atoms with Gasteiger partial charge in [0.05, 0.1) is 4.90 Å². The quantitative estimate of drug-likeness (QED) is 0.893. The lowest BCUT2D eigenvalue weighted by Gasteiger charge is -2.29. The second kappa shape index (κ2) is 6.20. The molecule has 6 heteroatoms. The molecule has 1 heterocycles. The van der Waals surface area contributed by atoms with Crippen LogP contribution in [0.2, 0.25) is 0 Å². The Balaban J connectivity index is 2.13. The van der Waals surface area contributed by atoms with Crippen LogP contribution >= 0.6 is 0 Å². The molecule has 1 aromatic rings. The predicted molar refractivity (Wildman–Crippen MR) is 76.6 cm³/mol. The molecule has 0 aromatic heterocycles. The summed E-state index contributed by atoms with van der Waals surface area (Å²) >= 11 is 0. The van der Waals surface area contributed by atoms with E-state index < -0.39 is 15.8 Å². The van der Waals surface area contributed by atoms with Gasteiger partial charge in [0.15, 0.2) is 0 Å². The van der Waals surface area contributed by atoms with Gasteiger partial charge in [0.1, 0.15) is 5.82 Å². The van der Waals surface area contributed by atoms with Gasteiger partial charge in [-0.15, -0.1) is 0 Å². The molecule has 0 radical (unpaired) electrons. The number of sulfonamides is 1. The van der Waals surface area contributed by atoms with Crippen LogP contribution in [0.25, 0.3) is 0 Å². The molecule has 1 fully saturated rings. The van der Waals surface area contributed by atoms with E-state index in [-0.39, 0.29) is 17.0 Å². The molecule has 2 N–H and O–H groups in total. The number of hydrogen-bond donors (Lipinski definition) is 2. The molecular weight excluding hydrogens is 279 g/mol. The molecule has 112 valence electrons. The number of hydrogen-bond acceptors (Lipinski definition) is 3. The Kier molecular flexibility index (Phi) is 4.78. The lowest BCUT2D eigenvalue weighted by Crippen LogP contribution is -2.50. The van der Waals surface area contributed by atoms with E-state index in [0.29, 0.717) is 5.56 Å². The molecule has 1 aliphatic heterocycles. The monoisotopic (exact) mass is 300 g/mol. The zero-order chi connectivity index (χ0) is 14.8. The van der Waals surface area contributed by atoms with Crippen LogP contribution in [-0.4, -0.2) is 27.0 Å². The lowest BCUT2D eigenvalue weighted by molar-refractivity contribution is 0.347. The van der Waals surface area contributed by atoms with Crippen molar-refractivity contribution in [2.45, 2.75) is 50.1 Å². The number of piperidine rings is 1. The van der Waals surface area contributed by atoms with Crippen molar-refractivity contribution >= 4 is 10.0 Å². The van der Waals surface area contributed by atoms with Gasteiger partial charge in [-0.05, 0) is 57.0 Å². The first-order chi connectivity index (χ1) is 9.40. The van der Waals surface area contributed by atoms with E-state index in [9.17, 15) is 12.8 Å². The molecule has 1 saturated heterocycles. The summed E-state index contributed by atoms with van der Waals surface area (Å²) in [5.74, 6) is -0.427. The molecule has 0 spiro atoms. The fourth-order valence-corrected chi connectivity index (χ4v) is 4.12. The van der Waals surface area contributed by atoms with E-state index in [0.717, 1.165) is 25.8 Å². The summed E-state index contributed by atoms with van der Waals surface area (Å²) in [7, 11) is -3.61. The molecule has 0 bridgehead atoms. The van der Waals surface area contributed by atoms with Crippen LogP contribution < -0.4 is 10.0 Å². The minimum Gasteiger partial charge on any atom is -0.312 e. The van der Waals surface area contributed by atoms with E-state index in [1.165, 1.54) is 18.2 Å². The van der Waals surface area contributed by atoms with Crippen molar-refractivity contribution in [3.05, 3.63) is 29.6 Å². The second-order valence-corrected chi connectivity index (χ2v) is 7.06. The van der Waals surface area contributed by atoms with Gasteiger partial charge in [-0.25, -0.2) is 17.5 Å². The third kappa shape index (κ3) is 3.56. The molecule has 0 amide bonds. The van der Waals surface area contributed by atoms with Crippen molar-refractivity contribution in [3.8, 4) is 0 Å². The summed E-state index contributed by atoms with van der Waals surface area (Å²) in [6.07, 6.45) is 3.21. The average Bonchev–Trinajstić information content (AvgIpc) is 2.38. The highest BCUT2D eigenvalue weighted by atomic mass is 32.2. The largest absolute Gasteiger partial charge is 0.312 e. The van der Waals surface area contributed by atoms with E-state index in [2.05, 4.69) is 10.0 Å². The van der Waals surface area contributed by atoms with Gasteiger partial charge >= 0.3 is 0 Å². The van der Waals surface area contributed by atoms with Gasteiger partial charge in [0.25, 0.3) is 0 Å². The molecule has 0 aliphatic carbocycles. The van der Waals surface area contributed by atoms with Gasteiger partial charge < -0.3 is 5.32 Å². The smallest absolute Gasteiger partial charge is 0.241 e. The topological polar surface area (TPSA) is 58.2 Å². The number of rotatable bonds is 4. The molecular formula is C14H21FN2O2S. The molecule has 4 nitrogen and oxygen atoms in total. The Morgan fingerprint density at radius 2 is 2.15 bits per heavy atom. The zero-order valence-corrected chi connectivity index (χ0v) is 12.6. The van der Waals surface area contributed by atoms with E-state index >= 15 is 0 Å². The molecule has 0 saturated carbocycles. The van der Waals surface area contributed by atoms with Crippen molar-refractivity contribution in [3.63, 3.8) is 0 Å². The van der Waals surface area contributed by atoms with Crippen molar-refractivity contribution < 1.29 is 12.8 Å². The van der Waals surface area contributed by atoms with Crippen molar-refractivity contribution in [1.82, 2.24) is 10.0 Å². The summed E-state index contributed by atoms with van der Waals surface area (Å²) in [4.78, 5) is 0.140. The first-order valence-electron chi connectivity index (χ1n) is 6.92. The molecule has 2 unspecified atom stereocenters. The Labute approximate surface area is 119 Å². The average molecular weight is 300 g/mol. The SMILES string of the molecule is Cc1cc(F)ccc1S(=O)(=O)NC(C)C1CCCCN1. The Bertz CT molecular complexity index is 569. The van der Waals surface area contributed by atoms with Crippen molar-refractivity contribution in [2.24, 2.45) is 0 Å². The fourth-order valence-electron chi connectivity index (χ4n) is 2.61. The van der Waals surface area contributed by atoms with Gasteiger partial charge in [0.2, 0.25) is 10.0 Å². The van der Waals surface area contributed by atoms with Gasteiger partial charge in [-0.3, -0.25) is 0 Å². The standard InChI is InChI=1S/C14H21FN2O2S/c1-10-9-12(15)6-7-14(10)20(18,19)17-11(2)13-5-3-4-8-16-13/h6-7,9,11,13,16-17H,3-5,8H2,1-2H3. The van der Waals surface area contributed by atoms with Crippen molar-refractivity contribution in [1.29, 1.82) is 0 Å². The molecule has 20 heavy (non-hydrogen) atoms. The van der Waals surface area contributed by atoms with Crippen LogP contribution in [0.15, 0.2) is 23.1 Å². The summed E-state index contributed by atoms with van der Waals surface area (Å²) in [5, 5.41) is 3.33. The Hall–Kier alpha value is -0.980. The van der Waals surface area contributed by atoms with Gasteiger partial charge in [-0.1, -0.05) is 6.42 Å². The number of halogens is 1. The number of aryl methyl sites for hydroxylation is 1. The third-order valence-corrected chi connectivity index (χ3v) is 5.44. The highest BCUT2D eigenvalue weighted by molar-refractivity contribution is 7.89. The van der Waals surface area contributed by atoms with Crippen LogP contribution in [0.5, 0.6) is 0 Å². The van der Waals surface area contributed by atoms with Crippen LogP contribution in [0, 0.1) is 12.7 Å². The Morgan fingerprint density at radius 3 is 2.75 bits per heavy atom. The molecule has 1 aliphatic rings. The maximum atomic E-state index is 13.1. The fraction of sp³-hybridized carbons (Fsp3) is 0.571. The van der Waals surface area contributed by atoms with Gasteiger partial charge in [-0.2, -0.15) is 0 Å². The predicted octanol–water partition coefficient (Wildman–Crippen LogP) is 1.94. The van der Waals surface area contributed by atoms with Crippen LogP contribution in [-0.2, 0) is 10.0 Å². The lowest BCUT2D eigenvalue weighted by atomic mass is 10.00. The van der Waals surface area contributed by atoms with Crippen LogP contribution in [0.1, 0.15) is 31.7 Å². The van der Waals surface area contributed by atoms with Crippen molar-refractivity contribution in [2.75, 3.05) is 6.54 Å². The van der Waals surface area contributed by atoms with E-state index in [1.807, 2.05) is 6.92 Å². The van der Waals surface area contributed by atoms with E-state index in [1.54, 1.807) is 6.92 Å². The number of benzene rings is 1. The van der Waals surface area contributed by atoms with Gasteiger partial charge in [0, 0.05) is 12.1 Å². The molecule has 2 rings (SSSR count). The second-order valence-electron chi connectivity index (χ2n) is 5.38. The number of nitrogens with one attached hydrogen (secondary N) is 2. The van der Waals surface area contributed by atoms with E-state index in [4.69, 9.17) is 0 Å². The zero-order valence-electron chi connectivity index (χ0n) is 11.8. The normalized spacial score (nSPS) is 21.6.